The van der Waals surface area contributed by atoms with Gasteiger partial charge in [-0.3, -0.25) is 0 Å². The van der Waals surface area contributed by atoms with Crippen LogP contribution in [0.4, 0.5) is 5.69 Å². The quantitative estimate of drug-likeness (QED) is 0.844. The van der Waals surface area contributed by atoms with Crippen LogP contribution in [0.25, 0.3) is 0 Å². The van der Waals surface area contributed by atoms with Gasteiger partial charge in [-0.05, 0) is 43.5 Å². The van der Waals surface area contributed by atoms with Gasteiger partial charge in [0.25, 0.3) is 0 Å². The number of hydrogen-bond donors (Lipinski definition) is 1. The van der Waals surface area contributed by atoms with E-state index in [-0.39, 0.29) is 0 Å². The molecule has 3 heteroatoms. The molecule has 0 spiro atoms. The Kier molecular flexibility index (Phi) is 5.79. The van der Waals surface area contributed by atoms with Crippen LogP contribution >= 0.6 is 11.6 Å². The highest BCUT2D eigenvalue weighted by molar-refractivity contribution is 6.33. The van der Waals surface area contributed by atoms with Crippen LogP contribution in [0.1, 0.15) is 26.3 Å². The fraction of sp³-hybridized carbons (Fsp3) is 0.571. The molecule has 1 aromatic rings. The molecule has 0 unspecified atom stereocenters. The zero-order valence-electron chi connectivity index (χ0n) is 11.0. The highest BCUT2D eigenvalue weighted by Crippen LogP contribution is 2.27. The van der Waals surface area contributed by atoms with Gasteiger partial charge in [-0.25, -0.2) is 0 Å². The van der Waals surface area contributed by atoms with E-state index in [0.29, 0.717) is 12.5 Å². The zero-order chi connectivity index (χ0) is 12.8. The number of rotatable bonds is 6. The van der Waals surface area contributed by atoms with Crippen molar-refractivity contribution >= 4 is 17.3 Å². The number of benzene rings is 1. The first-order valence-corrected chi connectivity index (χ1v) is 6.69. The molecule has 0 fully saturated rings. The molecule has 0 radical (unpaired) electrons. The molecule has 2 N–H and O–H groups in total. The van der Waals surface area contributed by atoms with Crippen LogP contribution in [0, 0.1) is 5.92 Å². The Hall–Kier alpha value is -0.730. The maximum Gasteiger partial charge on any atom is 0.0642 e. The van der Waals surface area contributed by atoms with Gasteiger partial charge in [0.2, 0.25) is 0 Å². The van der Waals surface area contributed by atoms with Crippen molar-refractivity contribution in [2.24, 2.45) is 11.7 Å². The molecule has 0 aliphatic carbocycles. The smallest absolute Gasteiger partial charge is 0.0642 e. The van der Waals surface area contributed by atoms with Gasteiger partial charge < -0.3 is 10.6 Å². The molecule has 0 atom stereocenters. The Labute approximate surface area is 110 Å². The Bertz CT molecular complexity index is 350. The van der Waals surface area contributed by atoms with Crippen LogP contribution in [-0.2, 0) is 6.42 Å². The van der Waals surface area contributed by atoms with E-state index in [1.54, 1.807) is 0 Å². The first-order chi connectivity index (χ1) is 8.08. The van der Waals surface area contributed by atoms with E-state index in [1.807, 2.05) is 6.07 Å². The van der Waals surface area contributed by atoms with Crippen molar-refractivity contribution in [1.29, 1.82) is 0 Å². The average molecular weight is 255 g/mol. The third kappa shape index (κ3) is 4.21. The van der Waals surface area contributed by atoms with Crippen molar-refractivity contribution in [3.05, 3.63) is 28.8 Å². The lowest BCUT2D eigenvalue weighted by molar-refractivity contribution is 0.619. The summed E-state index contributed by atoms with van der Waals surface area (Å²) in [5.41, 5.74) is 7.89. The summed E-state index contributed by atoms with van der Waals surface area (Å²) in [6.07, 6.45) is 0.885. The van der Waals surface area contributed by atoms with E-state index in [1.165, 1.54) is 5.56 Å². The Morgan fingerprint density at radius 1 is 1.35 bits per heavy atom. The first-order valence-electron chi connectivity index (χ1n) is 6.31. The minimum atomic E-state index is 0.634. The summed E-state index contributed by atoms with van der Waals surface area (Å²) >= 11 is 6.34. The molecule has 1 aromatic carbocycles. The van der Waals surface area contributed by atoms with E-state index in [4.69, 9.17) is 17.3 Å². The van der Waals surface area contributed by atoms with Crippen LogP contribution in [0.15, 0.2) is 18.2 Å². The lowest BCUT2D eigenvalue weighted by Crippen LogP contribution is -2.27. The standard InChI is InChI=1S/C14H23ClN2/c1-4-17(10-11(2)3)14-6-5-12(7-8-16)9-13(14)15/h5-6,9,11H,4,7-8,10,16H2,1-3H3. The van der Waals surface area contributed by atoms with Gasteiger partial charge >= 0.3 is 0 Å². The van der Waals surface area contributed by atoms with E-state index in [0.717, 1.165) is 30.2 Å². The van der Waals surface area contributed by atoms with Gasteiger partial charge in [0.15, 0.2) is 0 Å². The van der Waals surface area contributed by atoms with Crippen LogP contribution < -0.4 is 10.6 Å². The van der Waals surface area contributed by atoms with Crippen LogP contribution in [-0.4, -0.2) is 19.6 Å². The molecule has 17 heavy (non-hydrogen) atoms. The van der Waals surface area contributed by atoms with Crippen LogP contribution in [0.3, 0.4) is 0 Å². The Morgan fingerprint density at radius 3 is 2.53 bits per heavy atom. The SMILES string of the molecule is CCN(CC(C)C)c1ccc(CCN)cc1Cl. The first kappa shape index (κ1) is 14.3. The molecule has 0 aromatic heterocycles. The second-order valence-electron chi connectivity index (χ2n) is 4.76. The zero-order valence-corrected chi connectivity index (χ0v) is 11.8. The Morgan fingerprint density at radius 2 is 2.06 bits per heavy atom. The van der Waals surface area contributed by atoms with Crippen LogP contribution in [0.5, 0.6) is 0 Å². The summed E-state index contributed by atoms with van der Waals surface area (Å²) in [4.78, 5) is 2.32. The minimum Gasteiger partial charge on any atom is -0.370 e. The fourth-order valence-corrected chi connectivity index (χ4v) is 2.29. The lowest BCUT2D eigenvalue weighted by atomic mass is 10.1. The maximum absolute atomic E-state index is 6.34. The summed E-state index contributed by atoms with van der Waals surface area (Å²) in [6.45, 7) is 9.28. The van der Waals surface area contributed by atoms with Crippen molar-refractivity contribution in [3.63, 3.8) is 0 Å². The fourth-order valence-electron chi connectivity index (χ4n) is 1.97. The highest BCUT2D eigenvalue weighted by Gasteiger charge is 2.10. The third-order valence-electron chi connectivity index (χ3n) is 2.75. The summed E-state index contributed by atoms with van der Waals surface area (Å²) in [5, 5.41) is 0.832. The molecule has 0 bridgehead atoms. The van der Waals surface area contributed by atoms with Gasteiger partial charge in [0.1, 0.15) is 0 Å². The lowest BCUT2D eigenvalue weighted by Gasteiger charge is -2.26. The Balaban J connectivity index is 2.88. The molecule has 0 aliphatic rings. The van der Waals surface area contributed by atoms with Gasteiger partial charge in [-0.15, -0.1) is 0 Å². The average Bonchev–Trinajstić information content (AvgIpc) is 2.27. The normalized spacial score (nSPS) is 10.9. The van der Waals surface area contributed by atoms with Crippen molar-refractivity contribution in [3.8, 4) is 0 Å². The molecule has 96 valence electrons. The molecule has 2 nitrogen and oxygen atoms in total. The van der Waals surface area contributed by atoms with Crippen molar-refractivity contribution < 1.29 is 0 Å². The number of halogens is 1. The van der Waals surface area contributed by atoms with E-state index < -0.39 is 0 Å². The molecular formula is C14H23ClN2. The van der Waals surface area contributed by atoms with E-state index in [9.17, 15) is 0 Å². The van der Waals surface area contributed by atoms with E-state index >= 15 is 0 Å². The highest BCUT2D eigenvalue weighted by atomic mass is 35.5. The second kappa shape index (κ2) is 6.87. The summed E-state index contributed by atoms with van der Waals surface area (Å²) in [6, 6.07) is 6.27. The van der Waals surface area contributed by atoms with Crippen molar-refractivity contribution in [2.75, 3.05) is 24.5 Å². The predicted octanol–water partition coefficient (Wildman–Crippen LogP) is 3.32. The van der Waals surface area contributed by atoms with Gasteiger partial charge in [-0.2, -0.15) is 0 Å². The molecule has 0 aliphatic heterocycles. The molecular weight excluding hydrogens is 232 g/mol. The number of hydrogen-bond acceptors (Lipinski definition) is 2. The molecule has 0 amide bonds. The van der Waals surface area contributed by atoms with Gasteiger partial charge in [0, 0.05) is 13.1 Å². The topological polar surface area (TPSA) is 29.3 Å². The number of anilines is 1. The minimum absolute atomic E-state index is 0.634. The number of nitrogens with zero attached hydrogens (tertiary/aromatic N) is 1. The summed E-state index contributed by atoms with van der Waals surface area (Å²) < 4.78 is 0. The van der Waals surface area contributed by atoms with Crippen molar-refractivity contribution in [1.82, 2.24) is 0 Å². The largest absolute Gasteiger partial charge is 0.370 e. The summed E-state index contributed by atoms with van der Waals surface area (Å²) in [7, 11) is 0. The third-order valence-corrected chi connectivity index (χ3v) is 3.06. The predicted molar refractivity (Wildman–Crippen MR) is 76.9 cm³/mol. The maximum atomic E-state index is 6.34. The molecule has 1 rings (SSSR count). The molecule has 0 heterocycles. The van der Waals surface area contributed by atoms with E-state index in [2.05, 4.69) is 37.8 Å². The monoisotopic (exact) mass is 254 g/mol. The van der Waals surface area contributed by atoms with Crippen molar-refractivity contribution in [2.45, 2.75) is 27.2 Å². The van der Waals surface area contributed by atoms with Gasteiger partial charge in [-0.1, -0.05) is 31.5 Å². The van der Waals surface area contributed by atoms with Gasteiger partial charge in [0.05, 0.1) is 10.7 Å². The second-order valence-corrected chi connectivity index (χ2v) is 5.16. The van der Waals surface area contributed by atoms with Crippen LogP contribution in [0.2, 0.25) is 5.02 Å². The molecule has 0 saturated carbocycles. The number of nitrogens with two attached hydrogens (primary N) is 1. The molecule has 0 saturated heterocycles. The summed E-state index contributed by atoms with van der Waals surface area (Å²) in [5.74, 6) is 0.634.